The predicted molar refractivity (Wildman–Crippen MR) is 81.2 cm³/mol. The molecule has 0 radical (unpaired) electrons. The number of aryl methyl sites for hydroxylation is 1. The van der Waals surface area contributed by atoms with Gasteiger partial charge in [-0.05, 0) is 44.0 Å². The molecule has 0 saturated heterocycles. The van der Waals surface area contributed by atoms with E-state index >= 15 is 0 Å². The summed E-state index contributed by atoms with van der Waals surface area (Å²) >= 11 is 0. The summed E-state index contributed by atoms with van der Waals surface area (Å²) in [5, 5.41) is 0. The van der Waals surface area contributed by atoms with E-state index in [2.05, 4.69) is 0 Å². The average Bonchev–Trinajstić information content (AvgIpc) is 3.23. The van der Waals surface area contributed by atoms with E-state index in [-0.39, 0.29) is 23.4 Å². The van der Waals surface area contributed by atoms with Crippen LogP contribution in [-0.4, -0.2) is 11.8 Å². The van der Waals surface area contributed by atoms with E-state index in [9.17, 15) is 9.59 Å². The number of esters is 1. The van der Waals surface area contributed by atoms with E-state index in [1.807, 2.05) is 13.0 Å². The van der Waals surface area contributed by atoms with E-state index in [0.717, 1.165) is 18.6 Å². The molecule has 0 N–H and O–H groups in total. The molecule has 2 aliphatic rings. The van der Waals surface area contributed by atoms with Gasteiger partial charge in [0.15, 0.2) is 5.76 Å². The summed E-state index contributed by atoms with van der Waals surface area (Å²) in [4.78, 5) is 24.0. The molecule has 0 atom stereocenters. The Morgan fingerprint density at radius 1 is 1.26 bits per heavy atom. The number of hydrogen-bond donors (Lipinski definition) is 0. The molecule has 1 aromatic carbocycles. The Morgan fingerprint density at radius 2 is 2.09 bits per heavy atom. The van der Waals surface area contributed by atoms with Crippen molar-refractivity contribution >= 4 is 17.8 Å². The number of ether oxygens (including phenoxy) is 2. The lowest BCUT2D eigenvalue weighted by molar-refractivity contribution is -0.135. The third kappa shape index (κ3) is 2.65. The van der Waals surface area contributed by atoms with Crippen molar-refractivity contribution in [1.29, 1.82) is 0 Å². The van der Waals surface area contributed by atoms with Gasteiger partial charge in [0.1, 0.15) is 23.0 Å². The normalized spacial score (nSPS) is 18.0. The Bertz CT molecular complexity index is 839. The fourth-order valence-electron chi connectivity index (χ4n) is 2.41. The lowest BCUT2D eigenvalue weighted by atomic mass is 10.1. The van der Waals surface area contributed by atoms with Gasteiger partial charge in [-0.15, -0.1) is 0 Å². The second-order valence-electron chi connectivity index (χ2n) is 5.74. The van der Waals surface area contributed by atoms with Gasteiger partial charge in [-0.3, -0.25) is 9.59 Å². The third-order valence-corrected chi connectivity index (χ3v) is 3.81. The van der Waals surface area contributed by atoms with E-state index in [0.29, 0.717) is 22.8 Å². The second-order valence-corrected chi connectivity index (χ2v) is 5.74. The Balaban J connectivity index is 1.58. The molecule has 1 aliphatic carbocycles. The maximum atomic E-state index is 12.3. The van der Waals surface area contributed by atoms with Crippen LogP contribution < -0.4 is 9.47 Å². The van der Waals surface area contributed by atoms with Crippen molar-refractivity contribution in [3.8, 4) is 11.5 Å². The zero-order chi connectivity index (χ0) is 16.0. The molecule has 2 heterocycles. The number of ketones is 1. The molecule has 23 heavy (non-hydrogen) atoms. The first-order valence-electron chi connectivity index (χ1n) is 7.46. The fourth-order valence-corrected chi connectivity index (χ4v) is 2.41. The molecule has 0 unspecified atom stereocenters. The van der Waals surface area contributed by atoms with Gasteiger partial charge in [-0.2, -0.15) is 0 Å². The van der Waals surface area contributed by atoms with Gasteiger partial charge in [-0.25, -0.2) is 0 Å². The molecule has 116 valence electrons. The predicted octanol–water partition coefficient (Wildman–Crippen LogP) is 3.52. The zero-order valence-corrected chi connectivity index (χ0v) is 12.5. The summed E-state index contributed by atoms with van der Waals surface area (Å²) in [6.45, 7) is 1.83. The highest BCUT2D eigenvalue weighted by molar-refractivity contribution is 6.14. The summed E-state index contributed by atoms with van der Waals surface area (Å²) in [6.07, 6.45) is 3.33. The Kier molecular flexibility index (Phi) is 3.08. The quantitative estimate of drug-likeness (QED) is 0.493. The van der Waals surface area contributed by atoms with Crippen molar-refractivity contribution in [2.75, 3.05) is 0 Å². The molecular weight excluding hydrogens is 296 g/mol. The fraction of sp³-hybridized carbons (Fsp3) is 0.222. The van der Waals surface area contributed by atoms with Gasteiger partial charge in [-0.1, -0.05) is 0 Å². The van der Waals surface area contributed by atoms with E-state index in [4.69, 9.17) is 13.9 Å². The molecule has 2 aromatic rings. The van der Waals surface area contributed by atoms with Crippen LogP contribution in [0.1, 0.15) is 34.7 Å². The van der Waals surface area contributed by atoms with Crippen LogP contribution >= 0.6 is 0 Å². The summed E-state index contributed by atoms with van der Waals surface area (Å²) in [5.74, 6) is 1.87. The topological polar surface area (TPSA) is 65.7 Å². The molecule has 5 heteroatoms. The van der Waals surface area contributed by atoms with Crippen molar-refractivity contribution in [3.63, 3.8) is 0 Å². The maximum absolute atomic E-state index is 12.3. The minimum atomic E-state index is -0.226. The molecule has 0 amide bonds. The minimum Gasteiger partial charge on any atom is -0.462 e. The summed E-state index contributed by atoms with van der Waals surface area (Å²) in [5.41, 5.74) is 0.450. The van der Waals surface area contributed by atoms with Crippen LogP contribution in [0.2, 0.25) is 0 Å². The van der Waals surface area contributed by atoms with Gasteiger partial charge in [0.25, 0.3) is 0 Å². The first-order chi connectivity index (χ1) is 11.1. The average molecular weight is 310 g/mol. The lowest BCUT2D eigenvalue weighted by Crippen LogP contribution is -2.09. The molecule has 5 nitrogen and oxygen atoms in total. The number of carbonyl (C=O) groups is 2. The molecular formula is C18H14O5. The van der Waals surface area contributed by atoms with E-state index in [1.165, 1.54) is 0 Å². The number of allylic oxidation sites excluding steroid dienone is 1. The highest BCUT2D eigenvalue weighted by Gasteiger charge is 2.33. The number of hydrogen-bond acceptors (Lipinski definition) is 5. The number of benzene rings is 1. The number of carbonyl (C=O) groups excluding carboxylic acids is 2. The molecule has 1 aliphatic heterocycles. The van der Waals surface area contributed by atoms with Crippen LogP contribution in [0.25, 0.3) is 6.08 Å². The summed E-state index contributed by atoms with van der Waals surface area (Å²) < 4.78 is 16.3. The highest BCUT2D eigenvalue weighted by Crippen LogP contribution is 2.36. The van der Waals surface area contributed by atoms with Gasteiger partial charge in [0.05, 0.1) is 11.5 Å². The van der Waals surface area contributed by atoms with E-state index in [1.54, 1.807) is 30.3 Å². The smallest absolute Gasteiger partial charge is 0.314 e. The lowest BCUT2D eigenvalue weighted by Gasteiger charge is -2.04. The number of fused-ring (bicyclic) bond motifs is 1. The van der Waals surface area contributed by atoms with Crippen molar-refractivity contribution in [3.05, 3.63) is 53.2 Å². The Morgan fingerprint density at radius 3 is 2.78 bits per heavy atom. The second kappa shape index (κ2) is 5.12. The molecule has 0 spiro atoms. The van der Waals surface area contributed by atoms with Crippen LogP contribution in [0.15, 0.2) is 40.5 Å². The van der Waals surface area contributed by atoms with Gasteiger partial charge in [0.2, 0.25) is 5.78 Å². The molecule has 1 saturated carbocycles. The molecule has 1 aromatic heterocycles. The summed E-state index contributed by atoms with van der Waals surface area (Å²) in [6, 6.07) is 8.38. The van der Waals surface area contributed by atoms with Gasteiger partial charge >= 0.3 is 5.97 Å². The van der Waals surface area contributed by atoms with Crippen LogP contribution in [0, 0.1) is 12.8 Å². The van der Waals surface area contributed by atoms with Crippen LogP contribution in [0.5, 0.6) is 11.5 Å². The van der Waals surface area contributed by atoms with Crippen molar-refractivity contribution in [2.24, 2.45) is 5.92 Å². The number of Topliss-reactive ketones (excluding diaryl/α,β-unsaturated/α-hetero) is 1. The van der Waals surface area contributed by atoms with Crippen molar-refractivity contribution in [2.45, 2.75) is 19.8 Å². The Labute approximate surface area is 132 Å². The molecule has 4 rings (SSSR count). The van der Waals surface area contributed by atoms with Crippen LogP contribution in [-0.2, 0) is 4.79 Å². The highest BCUT2D eigenvalue weighted by atomic mass is 16.5. The number of rotatable bonds is 3. The standard InChI is InChI=1S/C18H14O5/c1-10-2-5-12(21-10)9-16-17(19)14-7-6-13(8-15(14)23-16)22-18(20)11-3-4-11/h2,5-9,11H,3-4H2,1H3/b16-9-. The van der Waals surface area contributed by atoms with E-state index < -0.39 is 0 Å². The molecule has 0 bridgehead atoms. The first kappa shape index (κ1) is 13.8. The number of furan rings is 1. The van der Waals surface area contributed by atoms with Crippen molar-refractivity contribution in [1.82, 2.24) is 0 Å². The minimum absolute atomic E-state index is 0.0171. The molecule has 1 fully saturated rings. The van der Waals surface area contributed by atoms with Crippen LogP contribution in [0.4, 0.5) is 0 Å². The monoisotopic (exact) mass is 310 g/mol. The van der Waals surface area contributed by atoms with Gasteiger partial charge in [0, 0.05) is 12.1 Å². The largest absolute Gasteiger partial charge is 0.462 e. The SMILES string of the molecule is Cc1ccc(/C=C2\Oc3cc(OC(=O)C4CC4)ccc3C2=O)o1. The van der Waals surface area contributed by atoms with Gasteiger partial charge < -0.3 is 13.9 Å². The maximum Gasteiger partial charge on any atom is 0.314 e. The summed E-state index contributed by atoms with van der Waals surface area (Å²) in [7, 11) is 0. The van der Waals surface area contributed by atoms with Crippen molar-refractivity contribution < 1.29 is 23.5 Å². The zero-order valence-electron chi connectivity index (χ0n) is 12.5. The first-order valence-corrected chi connectivity index (χ1v) is 7.46. The third-order valence-electron chi connectivity index (χ3n) is 3.81. The van der Waals surface area contributed by atoms with Crippen LogP contribution in [0.3, 0.4) is 0 Å². The Hall–Kier alpha value is -2.82.